The van der Waals surface area contributed by atoms with Gasteiger partial charge in [0.15, 0.2) is 0 Å². The predicted octanol–water partition coefficient (Wildman–Crippen LogP) is 3.31. The van der Waals surface area contributed by atoms with Crippen LogP contribution in [0.5, 0.6) is 0 Å². The molecule has 1 aromatic heterocycles. The lowest BCUT2D eigenvalue weighted by Crippen LogP contribution is -2.51. The molecule has 2 heterocycles. The van der Waals surface area contributed by atoms with Crippen LogP contribution in [0.2, 0.25) is 0 Å². The van der Waals surface area contributed by atoms with E-state index in [1.54, 1.807) is 11.3 Å². The fourth-order valence-corrected chi connectivity index (χ4v) is 5.08. The van der Waals surface area contributed by atoms with E-state index >= 15 is 0 Å². The average Bonchev–Trinajstić information content (AvgIpc) is 3.22. The van der Waals surface area contributed by atoms with Crippen LogP contribution < -0.4 is 0 Å². The van der Waals surface area contributed by atoms with Crippen molar-refractivity contribution in [3.63, 3.8) is 0 Å². The second kappa shape index (κ2) is 6.56. The second-order valence-corrected chi connectivity index (χ2v) is 7.80. The van der Waals surface area contributed by atoms with Crippen molar-refractivity contribution in [3.8, 4) is 10.6 Å². The minimum Gasteiger partial charge on any atom is -0.393 e. The molecule has 0 amide bonds. The average molecular weight is 344 g/mol. The summed E-state index contributed by atoms with van der Waals surface area (Å²) in [7, 11) is 1.82. The van der Waals surface area contributed by atoms with Gasteiger partial charge in [0.05, 0.1) is 17.4 Å². The first kappa shape index (κ1) is 16.2. The minimum absolute atomic E-state index is 0.0719. The predicted molar refractivity (Wildman–Crippen MR) is 96.0 cm³/mol. The van der Waals surface area contributed by atoms with Crippen LogP contribution in [-0.2, 0) is 11.3 Å². The van der Waals surface area contributed by atoms with E-state index in [2.05, 4.69) is 22.4 Å². The molecule has 2 aromatic rings. The molecule has 24 heavy (non-hydrogen) atoms. The maximum absolute atomic E-state index is 10.1. The van der Waals surface area contributed by atoms with Gasteiger partial charge in [-0.3, -0.25) is 4.90 Å². The number of aliphatic hydroxyl groups excluding tert-OH is 1. The van der Waals surface area contributed by atoms with E-state index in [0.717, 1.165) is 49.5 Å². The molecule has 0 unspecified atom stereocenters. The van der Waals surface area contributed by atoms with E-state index in [9.17, 15) is 5.11 Å². The number of aliphatic hydroxyl groups is 1. The number of rotatable bonds is 4. The standard InChI is InChI=1S/C19H24N2O2S/c1-23-19-8-7-16(22)11-17(19)21(10-9-19)12-15-13-24-18(20-15)14-5-3-2-4-6-14/h2-6,13,16-17,22H,7-12H2,1H3/t16-,17+,19-/m1/s1. The fraction of sp³-hybridized carbons (Fsp3) is 0.526. The zero-order valence-corrected chi connectivity index (χ0v) is 14.8. The summed E-state index contributed by atoms with van der Waals surface area (Å²) in [6, 6.07) is 10.6. The number of aromatic nitrogens is 1. The summed E-state index contributed by atoms with van der Waals surface area (Å²) in [4.78, 5) is 7.28. The molecule has 3 atom stereocenters. The Hall–Kier alpha value is -1.27. The maximum Gasteiger partial charge on any atom is 0.123 e. The highest BCUT2D eigenvalue weighted by molar-refractivity contribution is 7.13. The van der Waals surface area contributed by atoms with Gasteiger partial charge < -0.3 is 9.84 Å². The van der Waals surface area contributed by atoms with E-state index in [1.807, 2.05) is 25.3 Å². The molecule has 128 valence electrons. The molecule has 4 rings (SSSR count). The third-order valence-corrected chi connectivity index (χ3v) is 6.55. The lowest BCUT2D eigenvalue weighted by Gasteiger charge is -2.42. The summed E-state index contributed by atoms with van der Waals surface area (Å²) in [6.45, 7) is 1.86. The van der Waals surface area contributed by atoms with Gasteiger partial charge in [-0.05, 0) is 25.7 Å². The molecule has 1 aliphatic heterocycles. The first-order valence-corrected chi connectivity index (χ1v) is 9.55. The minimum atomic E-state index is -0.200. The van der Waals surface area contributed by atoms with Crippen molar-refractivity contribution in [2.24, 2.45) is 0 Å². The van der Waals surface area contributed by atoms with Crippen molar-refractivity contribution in [1.82, 2.24) is 9.88 Å². The molecule has 1 aliphatic carbocycles. The van der Waals surface area contributed by atoms with Crippen LogP contribution in [0.4, 0.5) is 0 Å². The number of methoxy groups -OCH3 is 1. The van der Waals surface area contributed by atoms with E-state index in [0.29, 0.717) is 6.04 Å². The number of likely N-dealkylation sites (tertiary alicyclic amines) is 1. The lowest BCUT2D eigenvalue weighted by molar-refractivity contribution is -0.0880. The van der Waals surface area contributed by atoms with Gasteiger partial charge in [0.1, 0.15) is 5.01 Å². The molecule has 0 bridgehead atoms. The third kappa shape index (κ3) is 2.90. The second-order valence-electron chi connectivity index (χ2n) is 6.94. The molecule has 4 nitrogen and oxygen atoms in total. The van der Waals surface area contributed by atoms with Crippen LogP contribution in [0.15, 0.2) is 35.7 Å². The van der Waals surface area contributed by atoms with Crippen molar-refractivity contribution in [1.29, 1.82) is 0 Å². The topological polar surface area (TPSA) is 45.6 Å². The van der Waals surface area contributed by atoms with Gasteiger partial charge in [-0.1, -0.05) is 30.3 Å². The van der Waals surface area contributed by atoms with Crippen molar-refractivity contribution in [3.05, 3.63) is 41.4 Å². The zero-order chi connectivity index (χ0) is 16.6. The first-order chi connectivity index (χ1) is 11.7. The number of nitrogens with zero attached hydrogens (tertiary/aromatic N) is 2. The summed E-state index contributed by atoms with van der Waals surface area (Å²) in [5.41, 5.74) is 2.22. The van der Waals surface area contributed by atoms with Gasteiger partial charge >= 0.3 is 0 Å². The Morgan fingerprint density at radius 2 is 2.17 bits per heavy atom. The number of ether oxygens (including phenoxy) is 1. The van der Waals surface area contributed by atoms with E-state index in [-0.39, 0.29) is 11.7 Å². The Labute approximate surface area is 147 Å². The smallest absolute Gasteiger partial charge is 0.123 e. The molecule has 1 saturated heterocycles. The Bertz CT molecular complexity index is 690. The Kier molecular flexibility index (Phi) is 4.43. The van der Waals surface area contributed by atoms with Gasteiger partial charge in [0, 0.05) is 37.2 Å². The molecule has 2 fully saturated rings. The van der Waals surface area contributed by atoms with Gasteiger partial charge in [-0.25, -0.2) is 4.98 Å². The molecular weight excluding hydrogens is 320 g/mol. The third-order valence-electron chi connectivity index (χ3n) is 5.61. The van der Waals surface area contributed by atoms with Gasteiger partial charge in [-0.2, -0.15) is 0 Å². The SMILES string of the molecule is CO[C@@]12CC[C@@H](O)C[C@@H]1N(Cc1csc(-c3ccccc3)n1)CC2. The van der Waals surface area contributed by atoms with Crippen LogP contribution in [0, 0.1) is 0 Å². The summed E-state index contributed by atoms with van der Waals surface area (Å²) >= 11 is 1.70. The van der Waals surface area contributed by atoms with Gasteiger partial charge in [0.25, 0.3) is 0 Å². The van der Waals surface area contributed by atoms with E-state index in [1.165, 1.54) is 5.56 Å². The largest absolute Gasteiger partial charge is 0.393 e. The molecular formula is C19H24N2O2S. The fourth-order valence-electron chi connectivity index (χ4n) is 4.26. The van der Waals surface area contributed by atoms with Crippen molar-refractivity contribution in [2.45, 2.75) is 50.0 Å². The Morgan fingerprint density at radius 3 is 2.96 bits per heavy atom. The van der Waals surface area contributed by atoms with Gasteiger partial charge in [-0.15, -0.1) is 11.3 Å². The van der Waals surface area contributed by atoms with E-state index < -0.39 is 0 Å². The monoisotopic (exact) mass is 344 g/mol. The quantitative estimate of drug-likeness (QED) is 0.924. The molecule has 1 aromatic carbocycles. The summed E-state index contributed by atoms with van der Waals surface area (Å²) < 4.78 is 5.92. The Morgan fingerprint density at radius 1 is 1.33 bits per heavy atom. The van der Waals surface area contributed by atoms with Crippen LogP contribution in [-0.4, -0.2) is 46.4 Å². The van der Waals surface area contributed by atoms with Crippen molar-refractivity contribution in [2.75, 3.05) is 13.7 Å². The van der Waals surface area contributed by atoms with Crippen molar-refractivity contribution >= 4 is 11.3 Å². The first-order valence-electron chi connectivity index (χ1n) is 8.67. The molecule has 0 spiro atoms. The Balaban J connectivity index is 1.51. The van der Waals surface area contributed by atoms with Crippen LogP contribution in [0.25, 0.3) is 10.6 Å². The number of hydrogen-bond acceptors (Lipinski definition) is 5. The zero-order valence-electron chi connectivity index (χ0n) is 14.0. The van der Waals surface area contributed by atoms with E-state index in [4.69, 9.17) is 9.72 Å². The normalized spacial score (nSPS) is 30.4. The summed E-state index contributed by atoms with van der Waals surface area (Å²) in [5, 5.41) is 13.3. The summed E-state index contributed by atoms with van der Waals surface area (Å²) in [6.07, 6.45) is 3.47. The number of hydrogen-bond donors (Lipinski definition) is 1. The van der Waals surface area contributed by atoms with Crippen LogP contribution in [0.3, 0.4) is 0 Å². The molecule has 1 N–H and O–H groups in total. The molecule has 0 radical (unpaired) electrons. The molecule has 1 saturated carbocycles. The van der Waals surface area contributed by atoms with Crippen LogP contribution >= 0.6 is 11.3 Å². The molecule has 5 heteroatoms. The maximum atomic E-state index is 10.1. The number of fused-ring (bicyclic) bond motifs is 1. The van der Waals surface area contributed by atoms with Crippen LogP contribution in [0.1, 0.15) is 31.4 Å². The van der Waals surface area contributed by atoms with Gasteiger partial charge in [0.2, 0.25) is 0 Å². The number of thiazole rings is 1. The highest BCUT2D eigenvalue weighted by Gasteiger charge is 2.50. The van der Waals surface area contributed by atoms with Crippen molar-refractivity contribution < 1.29 is 9.84 Å². The highest BCUT2D eigenvalue weighted by atomic mass is 32.1. The summed E-state index contributed by atoms with van der Waals surface area (Å²) in [5.74, 6) is 0. The molecule has 2 aliphatic rings. The number of benzene rings is 1. The lowest BCUT2D eigenvalue weighted by atomic mass is 9.79. The highest BCUT2D eigenvalue weighted by Crippen LogP contribution is 2.43.